The van der Waals surface area contributed by atoms with Gasteiger partial charge in [-0.25, -0.2) is 0 Å². The van der Waals surface area contributed by atoms with Gasteiger partial charge in [-0.05, 0) is 42.3 Å². The molecular formula is C20H13N3O2. The monoisotopic (exact) mass is 327 g/mol. The van der Waals surface area contributed by atoms with Gasteiger partial charge in [0.05, 0.1) is 22.8 Å². The number of aromatic nitrogens is 1. The van der Waals surface area contributed by atoms with Crippen molar-refractivity contribution < 1.29 is 9.59 Å². The zero-order valence-corrected chi connectivity index (χ0v) is 13.2. The highest BCUT2D eigenvalue weighted by Crippen LogP contribution is 2.35. The molecule has 1 N–H and O–H groups in total. The number of nitrogens with one attached hydrogen (secondary N) is 1. The number of benzene rings is 2. The maximum Gasteiger partial charge on any atom is 0.261 e. The molecule has 1 aliphatic heterocycles. The minimum Gasteiger partial charge on any atom is -0.358 e. The van der Waals surface area contributed by atoms with Gasteiger partial charge in [0.1, 0.15) is 0 Å². The molecule has 2 aromatic carbocycles. The number of nitriles is 1. The molecule has 1 aliphatic carbocycles. The molecule has 1 aromatic heterocycles. The lowest BCUT2D eigenvalue weighted by Crippen LogP contribution is -2.40. The molecule has 0 bridgehead atoms. The van der Waals surface area contributed by atoms with Crippen molar-refractivity contribution in [3.63, 3.8) is 0 Å². The lowest BCUT2D eigenvalue weighted by molar-refractivity contribution is 0.0590. The Morgan fingerprint density at radius 3 is 2.44 bits per heavy atom. The Hall–Kier alpha value is -3.39. The van der Waals surface area contributed by atoms with Gasteiger partial charge in [0.25, 0.3) is 11.8 Å². The first kappa shape index (κ1) is 14.0. The number of fused-ring (bicyclic) bond motifs is 4. The first-order valence-electron chi connectivity index (χ1n) is 8.18. The molecule has 120 valence electrons. The molecular weight excluding hydrogens is 314 g/mol. The molecule has 0 spiro atoms. The van der Waals surface area contributed by atoms with Gasteiger partial charge in [-0.15, -0.1) is 0 Å². The van der Waals surface area contributed by atoms with Crippen LogP contribution in [0.1, 0.15) is 37.5 Å². The Bertz CT molecular complexity index is 1080. The molecule has 5 rings (SSSR count). The third-order valence-electron chi connectivity index (χ3n) is 5.19. The average Bonchev–Trinajstić information content (AvgIpc) is 3.25. The molecule has 1 atom stereocenters. The molecule has 5 nitrogen and oxygen atoms in total. The van der Waals surface area contributed by atoms with Gasteiger partial charge in [0, 0.05) is 29.1 Å². The average molecular weight is 327 g/mol. The van der Waals surface area contributed by atoms with E-state index in [4.69, 9.17) is 5.26 Å². The van der Waals surface area contributed by atoms with Crippen LogP contribution in [0, 0.1) is 11.3 Å². The van der Waals surface area contributed by atoms with Crippen LogP contribution >= 0.6 is 0 Å². The molecule has 5 heteroatoms. The van der Waals surface area contributed by atoms with E-state index in [1.165, 1.54) is 4.90 Å². The van der Waals surface area contributed by atoms with E-state index < -0.39 is 0 Å². The first-order chi connectivity index (χ1) is 12.2. The number of imide groups is 1. The van der Waals surface area contributed by atoms with Crippen molar-refractivity contribution in [3.05, 3.63) is 70.4 Å². The topological polar surface area (TPSA) is 77.0 Å². The van der Waals surface area contributed by atoms with Gasteiger partial charge in [-0.2, -0.15) is 5.26 Å². The number of hydrogen-bond donors (Lipinski definition) is 1. The second kappa shape index (κ2) is 4.81. The number of nitrogens with zero attached hydrogens (tertiary/aromatic N) is 2. The van der Waals surface area contributed by atoms with Crippen LogP contribution in [0.3, 0.4) is 0 Å². The fraction of sp³-hybridized carbons (Fsp3) is 0.150. The van der Waals surface area contributed by atoms with Crippen LogP contribution in [-0.2, 0) is 12.8 Å². The minimum atomic E-state index is -0.210. The van der Waals surface area contributed by atoms with Crippen LogP contribution in [0.25, 0.3) is 10.9 Å². The number of aromatic amines is 1. The van der Waals surface area contributed by atoms with Crippen LogP contribution in [0.15, 0.2) is 42.5 Å². The van der Waals surface area contributed by atoms with E-state index in [0.717, 1.165) is 22.2 Å². The normalized spacial score (nSPS) is 18.5. The lowest BCUT2D eigenvalue weighted by Gasteiger charge is -2.21. The van der Waals surface area contributed by atoms with Crippen molar-refractivity contribution in [3.8, 4) is 6.07 Å². The summed E-state index contributed by atoms with van der Waals surface area (Å²) >= 11 is 0. The van der Waals surface area contributed by atoms with E-state index in [1.807, 2.05) is 12.1 Å². The smallest absolute Gasteiger partial charge is 0.261 e. The Morgan fingerprint density at radius 2 is 1.76 bits per heavy atom. The SMILES string of the molecule is N#Cc1ccc2[nH]c3c(c2c1)C[C@H](N1C(=O)c2ccccc2C1=O)C3. The van der Waals surface area contributed by atoms with Crippen molar-refractivity contribution in [2.24, 2.45) is 0 Å². The number of H-pyrrole nitrogens is 1. The van der Waals surface area contributed by atoms with Crippen LogP contribution in [0.4, 0.5) is 0 Å². The molecule has 0 radical (unpaired) electrons. The first-order valence-corrected chi connectivity index (χ1v) is 8.18. The van der Waals surface area contributed by atoms with Crippen molar-refractivity contribution in [1.29, 1.82) is 5.26 Å². The summed E-state index contributed by atoms with van der Waals surface area (Å²) in [5.74, 6) is -0.421. The fourth-order valence-corrected chi connectivity index (χ4v) is 4.05. The molecule has 2 heterocycles. The highest BCUT2D eigenvalue weighted by atomic mass is 16.2. The Labute approximate surface area is 143 Å². The molecule has 2 aliphatic rings. The maximum atomic E-state index is 12.7. The molecule has 25 heavy (non-hydrogen) atoms. The summed E-state index contributed by atoms with van der Waals surface area (Å²) in [7, 11) is 0. The van der Waals surface area contributed by atoms with Crippen LogP contribution in [0.5, 0.6) is 0 Å². The van der Waals surface area contributed by atoms with Crippen molar-refractivity contribution in [2.45, 2.75) is 18.9 Å². The van der Waals surface area contributed by atoms with Crippen molar-refractivity contribution in [2.75, 3.05) is 0 Å². The summed E-state index contributed by atoms with van der Waals surface area (Å²) in [5, 5.41) is 10.1. The highest BCUT2D eigenvalue weighted by molar-refractivity contribution is 6.21. The minimum absolute atomic E-state index is 0.177. The Morgan fingerprint density at radius 1 is 1.04 bits per heavy atom. The highest BCUT2D eigenvalue weighted by Gasteiger charge is 2.42. The predicted molar refractivity (Wildman–Crippen MR) is 91.2 cm³/mol. The number of carbonyl (C=O) groups is 2. The van der Waals surface area contributed by atoms with E-state index in [2.05, 4.69) is 11.1 Å². The van der Waals surface area contributed by atoms with Gasteiger partial charge < -0.3 is 4.98 Å². The van der Waals surface area contributed by atoms with Crippen LogP contribution in [0.2, 0.25) is 0 Å². The van der Waals surface area contributed by atoms with Crippen LogP contribution in [-0.4, -0.2) is 27.7 Å². The van der Waals surface area contributed by atoms with Crippen molar-refractivity contribution in [1.82, 2.24) is 9.88 Å². The standard InChI is InChI=1S/C20H13N3O2/c21-10-11-5-6-17-15(7-11)16-8-12(9-18(16)22-17)23-19(24)13-3-1-2-4-14(13)20(23)25/h1-7,12,22H,8-9H2/t12-/m0/s1. The predicted octanol–water partition coefficient (Wildman–Crippen LogP) is 2.80. The second-order valence-corrected chi connectivity index (χ2v) is 6.54. The van der Waals surface area contributed by atoms with Crippen molar-refractivity contribution >= 4 is 22.7 Å². The number of amides is 2. The Balaban J connectivity index is 1.53. The van der Waals surface area contributed by atoms with E-state index in [1.54, 1.807) is 30.3 Å². The van der Waals surface area contributed by atoms with E-state index in [-0.39, 0.29) is 17.9 Å². The van der Waals surface area contributed by atoms with E-state index >= 15 is 0 Å². The number of carbonyl (C=O) groups excluding carboxylic acids is 2. The molecule has 0 saturated heterocycles. The third-order valence-corrected chi connectivity index (χ3v) is 5.19. The number of hydrogen-bond acceptors (Lipinski definition) is 3. The summed E-state index contributed by atoms with van der Waals surface area (Å²) in [6.45, 7) is 0. The second-order valence-electron chi connectivity index (χ2n) is 6.54. The zero-order valence-electron chi connectivity index (χ0n) is 13.2. The van der Waals surface area contributed by atoms with Gasteiger partial charge in [-0.3, -0.25) is 14.5 Å². The molecule has 3 aromatic rings. The van der Waals surface area contributed by atoms with Crippen LogP contribution < -0.4 is 0 Å². The lowest BCUT2D eigenvalue weighted by atomic mass is 10.1. The van der Waals surface area contributed by atoms with E-state index in [0.29, 0.717) is 29.5 Å². The quantitative estimate of drug-likeness (QED) is 0.698. The summed E-state index contributed by atoms with van der Waals surface area (Å²) in [6, 6.07) is 14.5. The molecule has 0 unspecified atom stereocenters. The molecule has 0 fully saturated rings. The Kier molecular flexibility index (Phi) is 2.69. The van der Waals surface area contributed by atoms with Gasteiger partial charge in [0.15, 0.2) is 0 Å². The summed E-state index contributed by atoms with van der Waals surface area (Å²) in [5.41, 5.74) is 4.72. The maximum absolute atomic E-state index is 12.7. The summed E-state index contributed by atoms with van der Waals surface area (Å²) < 4.78 is 0. The summed E-state index contributed by atoms with van der Waals surface area (Å²) in [6.07, 6.45) is 1.24. The van der Waals surface area contributed by atoms with Gasteiger partial charge >= 0.3 is 0 Å². The fourth-order valence-electron chi connectivity index (χ4n) is 4.05. The zero-order chi connectivity index (χ0) is 17.1. The van der Waals surface area contributed by atoms with E-state index in [9.17, 15) is 9.59 Å². The largest absolute Gasteiger partial charge is 0.358 e. The van der Waals surface area contributed by atoms with Gasteiger partial charge in [0.2, 0.25) is 0 Å². The summed E-state index contributed by atoms with van der Waals surface area (Å²) in [4.78, 5) is 30.1. The molecule has 2 amide bonds. The number of rotatable bonds is 1. The van der Waals surface area contributed by atoms with Gasteiger partial charge in [-0.1, -0.05) is 12.1 Å². The third kappa shape index (κ3) is 1.82. The molecule has 0 saturated carbocycles.